The Bertz CT molecular complexity index is 916. The number of benzene rings is 1. The van der Waals surface area contributed by atoms with E-state index in [4.69, 9.17) is 10.5 Å². The number of anilines is 1. The average molecular weight is 436 g/mol. The SMILES string of the molecule is CCCCS(=O)(=O)N[C@@H](Cc1ccc(OCCCc2cccc(N)n2)cc1)C(=O)O. The van der Waals surface area contributed by atoms with Gasteiger partial charge in [-0.25, -0.2) is 18.1 Å². The summed E-state index contributed by atoms with van der Waals surface area (Å²) in [4.78, 5) is 15.7. The molecular weight excluding hydrogens is 406 g/mol. The van der Waals surface area contributed by atoms with Crippen molar-refractivity contribution in [3.63, 3.8) is 0 Å². The monoisotopic (exact) mass is 435 g/mol. The van der Waals surface area contributed by atoms with Crippen molar-refractivity contribution in [1.29, 1.82) is 0 Å². The molecule has 1 atom stereocenters. The average Bonchev–Trinajstić information content (AvgIpc) is 2.70. The fourth-order valence-electron chi connectivity index (χ4n) is 2.83. The quantitative estimate of drug-likeness (QED) is 0.412. The highest BCUT2D eigenvalue weighted by atomic mass is 32.2. The molecule has 2 rings (SSSR count). The molecule has 0 spiro atoms. The Morgan fingerprint density at radius 2 is 1.93 bits per heavy atom. The van der Waals surface area contributed by atoms with Gasteiger partial charge in [-0.2, -0.15) is 0 Å². The lowest BCUT2D eigenvalue weighted by molar-refractivity contribution is -0.138. The van der Waals surface area contributed by atoms with Gasteiger partial charge in [-0.3, -0.25) is 4.79 Å². The number of nitrogens with zero attached hydrogens (tertiary/aromatic N) is 1. The number of rotatable bonds is 13. The van der Waals surface area contributed by atoms with E-state index in [2.05, 4.69) is 9.71 Å². The number of nitrogens with two attached hydrogens (primary N) is 1. The van der Waals surface area contributed by atoms with Gasteiger partial charge in [-0.05, 0) is 55.5 Å². The molecule has 0 saturated carbocycles. The Morgan fingerprint density at radius 1 is 1.20 bits per heavy atom. The van der Waals surface area contributed by atoms with Crippen LogP contribution in [0.2, 0.25) is 0 Å². The number of sulfonamides is 1. The van der Waals surface area contributed by atoms with E-state index in [1.807, 2.05) is 19.1 Å². The van der Waals surface area contributed by atoms with Crippen LogP contribution < -0.4 is 15.2 Å². The van der Waals surface area contributed by atoms with E-state index < -0.39 is 22.0 Å². The number of nitrogens with one attached hydrogen (secondary N) is 1. The normalized spacial score (nSPS) is 12.4. The highest BCUT2D eigenvalue weighted by Crippen LogP contribution is 2.15. The molecule has 0 aliphatic carbocycles. The molecule has 0 amide bonds. The lowest BCUT2D eigenvalue weighted by Crippen LogP contribution is -2.43. The van der Waals surface area contributed by atoms with Crippen LogP contribution in [0.25, 0.3) is 0 Å². The van der Waals surface area contributed by atoms with Crippen LogP contribution in [0.4, 0.5) is 5.82 Å². The van der Waals surface area contributed by atoms with E-state index in [1.165, 1.54) is 0 Å². The van der Waals surface area contributed by atoms with Gasteiger partial charge >= 0.3 is 5.97 Å². The van der Waals surface area contributed by atoms with E-state index in [-0.39, 0.29) is 12.2 Å². The van der Waals surface area contributed by atoms with Crippen LogP contribution in [0.1, 0.15) is 37.4 Å². The number of carboxylic acid groups (broad SMARTS) is 1. The first-order valence-corrected chi connectivity index (χ1v) is 11.6. The molecule has 0 saturated heterocycles. The first kappa shape index (κ1) is 23.6. The zero-order valence-corrected chi connectivity index (χ0v) is 17.9. The van der Waals surface area contributed by atoms with Crippen LogP contribution >= 0.6 is 0 Å². The van der Waals surface area contributed by atoms with Gasteiger partial charge in [0, 0.05) is 5.69 Å². The highest BCUT2D eigenvalue weighted by Gasteiger charge is 2.24. The fraction of sp³-hybridized carbons (Fsp3) is 0.429. The minimum absolute atomic E-state index is 0.0576. The number of hydrogen-bond donors (Lipinski definition) is 3. The maximum Gasteiger partial charge on any atom is 0.322 e. The number of aryl methyl sites for hydroxylation is 1. The number of hydrogen-bond acceptors (Lipinski definition) is 6. The third-order valence-corrected chi connectivity index (χ3v) is 5.89. The zero-order chi connectivity index (χ0) is 22.0. The molecule has 2 aromatic rings. The molecule has 1 heterocycles. The summed E-state index contributed by atoms with van der Waals surface area (Å²) in [6, 6.07) is 11.3. The summed E-state index contributed by atoms with van der Waals surface area (Å²) in [6.45, 7) is 2.38. The maximum atomic E-state index is 12.0. The van der Waals surface area contributed by atoms with Crippen LogP contribution in [-0.2, 0) is 27.7 Å². The van der Waals surface area contributed by atoms with Crippen molar-refractivity contribution < 1.29 is 23.1 Å². The second kappa shape index (κ2) is 11.5. The topological polar surface area (TPSA) is 132 Å². The first-order valence-electron chi connectivity index (χ1n) is 9.95. The van der Waals surface area contributed by atoms with E-state index in [1.54, 1.807) is 30.3 Å². The van der Waals surface area contributed by atoms with Crippen LogP contribution in [0.5, 0.6) is 5.75 Å². The lowest BCUT2D eigenvalue weighted by Gasteiger charge is -2.15. The second-order valence-electron chi connectivity index (χ2n) is 7.03. The summed E-state index contributed by atoms with van der Waals surface area (Å²) >= 11 is 0. The molecular formula is C21H29N3O5S. The number of ether oxygens (including phenoxy) is 1. The lowest BCUT2D eigenvalue weighted by atomic mass is 10.1. The summed E-state index contributed by atoms with van der Waals surface area (Å²) in [7, 11) is -3.63. The van der Waals surface area contributed by atoms with Crippen molar-refractivity contribution in [3.8, 4) is 5.75 Å². The van der Waals surface area contributed by atoms with Gasteiger partial charge in [0.15, 0.2) is 0 Å². The molecule has 0 unspecified atom stereocenters. The van der Waals surface area contributed by atoms with Crippen molar-refractivity contribution >= 4 is 21.8 Å². The molecule has 8 nitrogen and oxygen atoms in total. The van der Waals surface area contributed by atoms with Crippen LogP contribution in [0.15, 0.2) is 42.5 Å². The smallest absolute Gasteiger partial charge is 0.322 e. The fourth-order valence-corrected chi connectivity index (χ4v) is 4.23. The Kier molecular flexibility index (Phi) is 9.07. The summed E-state index contributed by atoms with van der Waals surface area (Å²) in [5, 5.41) is 9.37. The third kappa shape index (κ3) is 8.38. The van der Waals surface area contributed by atoms with Crippen molar-refractivity contribution in [2.24, 2.45) is 0 Å². The molecule has 0 radical (unpaired) electrons. The van der Waals surface area contributed by atoms with Crippen molar-refractivity contribution in [3.05, 3.63) is 53.7 Å². The highest BCUT2D eigenvalue weighted by molar-refractivity contribution is 7.89. The largest absolute Gasteiger partial charge is 0.494 e. The number of nitrogen functional groups attached to an aromatic ring is 1. The summed E-state index contributed by atoms with van der Waals surface area (Å²) < 4.78 is 32.0. The van der Waals surface area contributed by atoms with Gasteiger partial charge in [0.05, 0.1) is 12.4 Å². The molecule has 9 heteroatoms. The summed E-state index contributed by atoms with van der Waals surface area (Å²) in [6.07, 6.45) is 2.79. The third-order valence-electron chi connectivity index (χ3n) is 4.42. The van der Waals surface area contributed by atoms with E-state index >= 15 is 0 Å². The maximum absolute atomic E-state index is 12.0. The number of aliphatic carboxylic acids is 1. The van der Waals surface area contributed by atoms with Gasteiger partial charge < -0.3 is 15.6 Å². The predicted molar refractivity (Wildman–Crippen MR) is 116 cm³/mol. The number of unbranched alkanes of at least 4 members (excludes halogenated alkanes) is 1. The van der Waals surface area contributed by atoms with Crippen LogP contribution in [0.3, 0.4) is 0 Å². The second-order valence-corrected chi connectivity index (χ2v) is 8.91. The standard InChI is InChI=1S/C21H29N3O5S/c1-2-3-14-30(27,28)24-19(21(25)26)15-16-9-11-18(12-10-16)29-13-5-7-17-6-4-8-20(22)23-17/h4,6,8-12,19,24H,2-3,5,7,13-15H2,1H3,(H2,22,23)(H,25,26)/t19-/m0/s1. The number of aromatic nitrogens is 1. The first-order chi connectivity index (χ1) is 14.3. The molecule has 0 aliphatic heterocycles. The van der Waals surface area contributed by atoms with Crippen molar-refractivity contribution in [1.82, 2.24) is 9.71 Å². The Morgan fingerprint density at radius 3 is 2.57 bits per heavy atom. The molecule has 0 bridgehead atoms. The van der Waals surface area contributed by atoms with Gasteiger partial charge in [-0.15, -0.1) is 0 Å². The predicted octanol–water partition coefficient (Wildman–Crippen LogP) is 2.39. The summed E-state index contributed by atoms with van der Waals surface area (Å²) in [5.41, 5.74) is 7.28. The van der Waals surface area contributed by atoms with E-state index in [9.17, 15) is 18.3 Å². The van der Waals surface area contributed by atoms with Gasteiger partial charge in [0.2, 0.25) is 10.0 Å². The van der Waals surface area contributed by atoms with Gasteiger partial charge in [0.1, 0.15) is 17.6 Å². The molecule has 164 valence electrons. The molecule has 0 aliphatic rings. The van der Waals surface area contributed by atoms with Gasteiger partial charge in [0.25, 0.3) is 0 Å². The van der Waals surface area contributed by atoms with Gasteiger partial charge in [-0.1, -0.05) is 31.5 Å². The number of carboxylic acids is 1. The minimum Gasteiger partial charge on any atom is -0.494 e. The Labute approximate surface area is 177 Å². The van der Waals surface area contributed by atoms with Crippen LogP contribution in [-0.4, -0.2) is 42.9 Å². The van der Waals surface area contributed by atoms with E-state index in [0.29, 0.717) is 30.2 Å². The van der Waals surface area contributed by atoms with Crippen molar-refractivity contribution in [2.45, 2.75) is 45.1 Å². The Balaban J connectivity index is 1.83. The minimum atomic E-state index is -3.63. The van der Waals surface area contributed by atoms with Crippen LogP contribution in [0, 0.1) is 0 Å². The van der Waals surface area contributed by atoms with E-state index in [0.717, 1.165) is 25.0 Å². The molecule has 1 aromatic carbocycles. The summed E-state index contributed by atoms with van der Waals surface area (Å²) in [5.74, 6) is -0.123. The Hall–Kier alpha value is -2.65. The molecule has 0 fully saturated rings. The zero-order valence-electron chi connectivity index (χ0n) is 17.1. The molecule has 4 N–H and O–H groups in total. The van der Waals surface area contributed by atoms with Crippen molar-refractivity contribution in [2.75, 3.05) is 18.1 Å². The molecule has 30 heavy (non-hydrogen) atoms. The number of carbonyl (C=O) groups is 1. The number of pyridine rings is 1. The molecule has 1 aromatic heterocycles.